The molecule has 0 aliphatic rings. The van der Waals surface area contributed by atoms with Crippen LogP contribution in [0.1, 0.15) is 13.3 Å². The summed E-state index contributed by atoms with van der Waals surface area (Å²) in [6.07, 6.45) is 0.125. The van der Waals surface area contributed by atoms with Crippen LogP contribution in [0.2, 0.25) is 0 Å². The second-order valence-corrected chi connectivity index (χ2v) is 2.33. The molecule has 0 aromatic rings. The van der Waals surface area contributed by atoms with Gasteiger partial charge in [0.15, 0.2) is 0 Å². The molecule has 0 aliphatic heterocycles. The van der Waals surface area contributed by atoms with E-state index in [1.54, 1.807) is 7.05 Å². The van der Waals surface area contributed by atoms with Crippen LogP contribution in [0.25, 0.3) is 0 Å². The molecule has 3 N–H and O–H groups in total. The highest BCUT2D eigenvalue weighted by Crippen LogP contribution is 2.01. The maximum Gasteiger partial charge on any atom is 0.105 e. The summed E-state index contributed by atoms with van der Waals surface area (Å²) in [5.74, 6) is 0.174. The van der Waals surface area contributed by atoms with E-state index in [0.717, 1.165) is 0 Å². The topological polar surface area (TPSA) is 52.5 Å². The number of aliphatic hydroxyl groups is 2. The molecule has 3 nitrogen and oxygen atoms in total. The predicted molar refractivity (Wildman–Crippen MR) is 35.9 cm³/mol. The fourth-order valence-corrected chi connectivity index (χ4v) is 0.574. The summed E-state index contributed by atoms with van der Waals surface area (Å²) in [5.41, 5.74) is 0. The molecule has 0 fully saturated rings. The summed E-state index contributed by atoms with van der Waals surface area (Å²) in [5, 5.41) is 20.2. The second-order valence-electron chi connectivity index (χ2n) is 2.33. The molecule has 2 atom stereocenters. The van der Waals surface area contributed by atoms with Crippen molar-refractivity contribution in [1.82, 2.24) is 5.32 Å². The Morgan fingerprint density at radius 3 is 2.44 bits per heavy atom. The van der Waals surface area contributed by atoms with Crippen molar-refractivity contribution in [3.63, 3.8) is 0 Å². The first-order valence-electron chi connectivity index (χ1n) is 3.17. The first-order chi connectivity index (χ1) is 4.20. The lowest BCUT2D eigenvalue weighted by atomic mass is 10.1. The van der Waals surface area contributed by atoms with Gasteiger partial charge in [-0.3, -0.25) is 5.32 Å². The van der Waals surface area contributed by atoms with Crippen LogP contribution in [0.5, 0.6) is 0 Å². The van der Waals surface area contributed by atoms with Crippen molar-refractivity contribution in [2.75, 3.05) is 13.7 Å². The summed E-state index contributed by atoms with van der Waals surface area (Å²) in [7, 11) is 1.69. The van der Waals surface area contributed by atoms with Crippen molar-refractivity contribution in [1.29, 1.82) is 0 Å². The smallest absolute Gasteiger partial charge is 0.105 e. The molecule has 56 valence electrons. The normalized spacial score (nSPS) is 17.3. The van der Waals surface area contributed by atoms with E-state index in [1.165, 1.54) is 0 Å². The first kappa shape index (κ1) is 8.88. The molecule has 0 saturated carbocycles. The lowest BCUT2D eigenvalue weighted by Crippen LogP contribution is -2.27. The zero-order valence-corrected chi connectivity index (χ0v) is 5.96. The van der Waals surface area contributed by atoms with Gasteiger partial charge in [-0.15, -0.1) is 0 Å². The van der Waals surface area contributed by atoms with Crippen molar-refractivity contribution in [3.8, 4) is 0 Å². The molecule has 3 heteroatoms. The molecule has 0 radical (unpaired) electrons. The van der Waals surface area contributed by atoms with Crippen LogP contribution in [-0.4, -0.2) is 30.1 Å². The van der Waals surface area contributed by atoms with E-state index >= 15 is 0 Å². The molecule has 0 aromatic heterocycles. The highest BCUT2D eigenvalue weighted by molar-refractivity contribution is 4.55. The quantitative estimate of drug-likeness (QED) is 0.455. The molecule has 0 amide bonds. The van der Waals surface area contributed by atoms with Gasteiger partial charge in [-0.1, -0.05) is 6.92 Å². The van der Waals surface area contributed by atoms with E-state index < -0.39 is 6.23 Å². The Balaban J connectivity index is 3.22. The number of nitrogens with one attached hydrogen (secondary N) is 1. The van der Waals surface area contributed by atoms with Gasteiger partial charge >= 0.3 is 0 Å². The second kappa shape index (κ2) is 4.73. The molecule has 0 heterocycles. The summed E-state index contributed by atoms with van der Waals surface area (Å²) in [6, 6.07) is 0. The molecule has 0 unspecified atom stereocenters. The monoisotopic (exact) mass is 133 g/mol. The molecule has 0 bridgehead atoms. The van der Waals surface area contributed by atoms with E-state index in [4.69, 9.17) is 10.2 Å². The van der Waals surface area contributed by atoms with Gasteiger partial charge in [0, 0.05) is 6.61 Å². The Morgan fingerprint density at radius 2 is 2.11 bits per heavy atom. The molecule has 0 saturated heterocycles. The third-order valence-corrected chi connectivity index (χ3v) is 1.27. The molecule has 0 spiro atoms. The largest absolute Gasteiger partial charge is 0.396 e. The van der Waals surface area contributed by atoms with Crippen molar-refractivity contribution in [3.05, 3.63) is 0 Å². The summed E-state index contributed by atoms with van der Waals surface area (Å²) < 4.78 is 0. The maximum absolute atomic E-state index is 8.94. The minimum Gasteiger partial charge on any atom is -0.396 e. The number of hydrogen-bond acceptors (Lipinski definition) is 3. The Morgan fingerprint density at radius 1 is 1.56 bits per heavy atom. The predicted octanol–water partition coefficient (Wildman–Crippen LogP) is -0.457. The molecule has 0 aromatic carbocycles. The van der Waals surface area contributed by atoms with E-state index in [2.05, 4.69) is 5.32 Å². The minimum atomic E-state index is -0.479. The van der Waals surface area contributed by atoms with Gasteiger partial charge in [0.1, 0.15) is 6.23 Å². The lowest BCUT2D eigenvalue weighted by Gasteiger charge is -2.12. The third-order valence-electron chi connectivity index (χ3n) is 1.27. The molecule has 0 rings (SSSR count). The van der Waals surface area contributed by atoms with Crippen molar-refractivity contribution < 1.29 is 10.2 Å². The van der Waals surface area contributed by atoms with Crippen LogP contribution in [-0.2, 0) is 0 Å². The fourth-order valence-electron chi connectivity index (χ4n) is 0.574. The summed E-state index contributed by atoms with van der Waals surface area (Å²) in [4.78, 5) is 0. The average molecular weight is 133 g/mol. The molecular formula is C6H15NO2. The van der Waals surface area contributed by atoms with Gasteiger partial charge in [0.05, 0.1) is 0 Å². The van der Waals surface area contributed by atoms with Crippen LogP contribution in [0, 0.1) is 5.92 Å². The SMILES string of the molecule is CN[C@H](O)C[C@@H](C)CO. The molecular weight excluding hydrogens is 118 g/mol. The van der Waals surface area contributed by atoms with Crippen LogP contribution >= 0.6 is 0 Å². The average Bonchev–Trinajstić information content (AvgIpc) is 1.87. The number of hydrogen-bond donors (Lipinski definition) is 3. The minimum absolute atomic E-state index is 0.138. The maximum atomic E-state index is 8.94. The van der Waals surface area contributed by atoms with Gasteiger partial charge in [0.2, 0.25) is 0 Å². The number of rotatable bonds is 4. The Labute approximate surface area is 55.7 Å². The van der Waals surface area contributed by atoms with Gasteiger partial charge in [-0.2, -0.15) is 0 Å². The van der Waals surface area contributed by atoms with Crippen LogP contribution in [0.15, 0.2) is 0 Å². The van der Waals surface area contributed by atoms with Crippen LogP contribution in [0.4, 0.5) is 0 Å². The zero-order chi connectivity index (χ0) is 7.28. The van der Waals surface area contributed by atoms with Crippen LogP contribution in [0.3, 0.4) is 0 Å². The number of aliphatic hydroxyl groups excluding tert-OH is 2. The van der Waals surface area contributed by atoms with Crippen molar-refractivity contribution in [2.24, 2.45) is 5.92 Å². The fraction of sp³-hybridized carbons (Fsp3) is 1.00. The summed E-state index contributed by atoms with van der Waals surface area (Å²) >= 11 is 0. The van der Waals surface area contributed by atoms with Gasteiger partial charge in [0.25, 0.3) is 0 Å². The molecule has 9 heavy (non-hydrogen) atoms. The van der Waals surface area contributed by atoms with E-state index in [1.807, 2.05) is 6.92 Å². The van der Waals surface area contributed by atoms with Crippen molar-refractivity contribution >= 4 is 0 Å². The third kappa shape index (κ3) is 4.39. The van der Waals surface area contributed by atoms with Crippen molar-refractivity contribution in [2.45, 2.75) is 19.6 Å². The summed E-state index contributed by atoms with van der Waals surface area (Å²) in [6.45, 7) is 2.03. The van der Waals surface area contributed by atoms with E-state index in [-0.39, 0.29) is 12.5 Å². The standard InChI is InChI=1S/C6H15NO2/c1-5(4-8)3-6(9)7-2/h5-9H,3-4H2,1-2H3/t5-,6-/m1/s1. The molecule has 0 aliphatic carbocycles. The van der Waals surface area contributed by atoms with Gasteiger partial charge < -0.3 is 10.2 Å². The Hall–Kier alpha value is -0.120. The van der Waals surface area contributed by atoms with Gasteiger partial charge in [-0.25, -0.2) is 0 Å². The zero-order valence-electron chi connectivity index (χ0n) is 5.96. The van der Waals surface area contributed by atoms with E-state index in [9.17, 15) is 0 Å². The first-order valence-corrected chi connectivity index (χ1v) is 3.17. The highest BCUT2D eigenvalue weighted by Gasteiger charge is 2.05. The Bertz CT molecular complexity index is 60.1. The highest BCUT2D eigenvalue weighted by atomic mass is 16.3. The van der Waals surface area contributed by atoms with E-state index in [0.29, 0.717) is 6.42 Å². The van der Waals surface area contributed by atoms with Gasteiger partial charge in [-0.05, 0) is 19.4 Å². The van der Waals surface area contributed by atoms with Crippen LogP contribution < -0.4 is 5.32 Å². The Kier molecular flexibility index (Phi) is 4.67. The lowest BCUT2D eigenvalue weighted by molar-refractivity contribution is 0.101.